The lowest BCUT2D eigenvalue weighted by Gasteiger charge is -2.22. The molecule has 0 aliphatic carbocycles. The topological polar surface area (TPSA) is 67.2 Å². The first-order valence-electron chi connectivity index (χ1n) is 7.47. The number of hydrogen-bond acceptors (Lipinski definition) is 5. The van der Waals surface area contributed by atoms with Gasteiger partial charge < -0.3 is 9.80 Å². The van der Waals surface area contributed by atoms with E-state index in [0.717, 1.165) is 37.7 Å². The summed E-state index contributed by atoms with van der Waals surface area (Å²) in [6, 6.07) is 3.68. The summed E-state index contributed by atoms with van der Waals surface area (Å²) in [5.41, 5.74) is 0.508. The second-order valence-electron chi connectivity index (χ2n) is 5.47. The van der Waals surface area contributed by atoms with Gasteiger partial charge in [0.15, 0.2) is 0 Å². The molecule has 0 bridgehead atoms. The highest BCUT2D eigenvalue weighted by molar-refractivity contribution is 5.92. The molecule has 1 fully saturated rings. The lowest BCUT2D eigenvalue weighted by molar-refractivity contribution is 0.0760. The van der Waals surface area contributed by atoms with Gasteiger partial charge in [-0.15, -0.1) is 0 Å². The highest BCUT2D eigenvalue weighted by Gasteiger charge is 2.22. The maximum absolute atomic E-state index is 12.5. The fraction of sp³-hybridized carbons (Fsp3) is 0.467. The van der Waals surface area contributed by atoms with Gasteiger partial charge >= 0.3 is 0 Å². The fourth-order valence-electron chi connectivity index (χ4n) is 2.66. The van der Waals surface area contributed by atoms with E-state index in [0.29, 0.717) is 12.2 Å². The van der Waals surface area contributed by atoms with Gasteiger partial charge in [0.2, 0.25) is 0 Å². The minimum atomic E-state index is 0.00122. The van der Waals surface area contributed by atoms with E-state index in [4.69, 9.17) is 0 Å². The largest absolute Gasteiger partial charge is 0.355 e. The van der Waals surface area contributed by atoms with Crippen LogP contribution in [0.1, 0.15) is 22.7 Å². The lowest BCUT2D eigenvalue weighted by Crippen LogP contribution is -2.35. The average Bonchev–Trinajstić information content (AvgIpc) is 2.80. The van der Waals surface area contributed by atoms with E-state index in [1.165, 1.54) is 0 Å². The lowest BCUT2D eigenvalue weighted by atomic mass is 10.3. The number of carbonyl (C=O) groups is 1. The summed E-state index contributed by atoms with van der Waals surface area (Å²) >= 11 is 0. The Morgan fingerprint density at radius 3 is 2.77 bits per heavy atom. The third kappa shape index (κ3) is 3.08. The van der Waals surface area contributed by atoms with Crippen LogP contribution in [-0.2, 0) is 7.05 Å². The van der Waals surface area contributed by atoms with Crippen LogP contribution in [0.25, 0.3) is 0 Å². The zero-order valence-corrected chi connectivity index (χ0v) is 12.9. The summed E-state index contributed by atoms with van der Waals surface area (Å²) in [7, 11) is 1.82. The smallest absolute Gasteiger partial charge is 0.274 e. The van der Waals surface area contributed by atoms with Crippen molar-refractivity contribution in [1.82, 2.24) is 24.6 Å². The summed E-state index contributed by atoms with van der Waals surface area (Å²) in [6.07, 6.45) is 4.49. The third-order valence-electron chi connectivity index (χ3n) is 3.80. The van der Waals surface area contributed by atoms with E-state index in [1.54, 1.807) is 23.1 Å². The maximum Gasteiger partial charge on any atom is 0.274 e. The minimum absolute atomic E-state index is 0.00122. The van der Waals surface area contributed by atoms with E-state index in [-0.39, 0.29) is 5.91 Å². The monoisotopic (exact) mass is 300 g/mol. The standard InChI is InChI=1S/C15H20N6O/c1-12-16-6-4-14(17-12)20-7-3-8-21(11-10-20)15(22)13-5-9-19(2)18-13/h4-6,9H,3,7-8,10-11H2,1-2H3. The third-order valence-corrected chi connectivity index (χ3v) is 3.80. The van der Waals surface area contributed by atoms with Crippen molar-refractivity contribution in [3.8, 4) is 0 Å². The molecule has 1 saturated heterocycles. The Morgan fingerprint density at radius 1 is 1.18 bits per heavy atom. The maximum atomic E-state index is 12.5. The van der Waals surface area contributed by atoms with Crippen LogP contribution in [0.4, 0.5) is 5.82 Å². The van der Waals surface area contributed by atoms with Gasteiger partial charge in [-0.1, -0.05) is 0 Å². The Morgan fingerprint density at radius 2 is 2.05 bits per heavy atom. The van der Waals surface area contributed by atoms with Crippen molar-refractivity contribution in [2.45, 2.75) is 13.3 Å². The van der Waals surface area contributed by atoms with E-state index in [2.05, 4.69) is 20.0 Å². The van der Waals surface area contributed by atoms with Crippen LogP contribution in [-0.4, -0.2) is 56.7 Å². The second-order valence-corrected chi connectivity index (χ2v) is 5.47. The Balaban J connectivity index is 1.68. The molecule has 0 unspecified atom stereocenters. The van der Waals surface area contributed by atoms with Crippen LogP contribution < -0.4 is 4.90 Å². The number of carbonyl (C=O) groups excluding carboxylic acids is 1. The SMILES string of the molecule is Cc1nccc(N2CCCN(C(=O)c3ccn(C)n3)CC2)n1. The molecule has 3 heterocycles. The molecular weight excluding hydrogens is 280 g/mol. The van der Waals surface area contributed by atoms with Crippen molar-refractivity contribution in [1.29, 1.82) is 0 Å². The molecule has 0 saturated carbocycles. The summed E-state index contributed by atoms with van der Waals surface area (Å²) in [6.45, 7) is 4.98. The van der Waals surface area contributed by atoms with E-state index < -0.39 is 0 Å². The van der Waals surface area contributed by atoms with Gasteiger partial charge in [0.1, 0.15) is 17.3 Å². The quantitative estimate of drug-likeness (QED) is 0.823. The molecule has 1 amide bonds. The van der Waals surface area contributed by atoms with Crippen molar-refractivity contribution in [3.05, 3.63) is 36.0 Å². The van der Waals surface area contributed by atoms with Gasteiger partial charge in [-0.3, -0.25) is 9.48 Å². The molecule has 1 aliphatic rings. The highest BCUT2D eigenvalue weighted by Crippen LogP contribution is 2.14. The molecule has 0 aromatic carbocycles. The summed E-state index contributed by atoms with van der Waals surface area (Å²) in [5.74, 6) is 1.70. The number of aromatic nitrogens is 4. The van der Waals surface area contributed by atoms with Crippen LogP contribution in [0.5, 0.6) is 0 Å². The van der Waals surface area contributed by atoms with Gasteiger partial charge in [0.25, 0.3) is 5.91 Å². The Kier molecular flexibility index (Phi) is 4.04. The summed E-state index contributed by atoms with van der Waals surface area (Å²) in [4.78, 5) is 25.1. The van der Waals surface area contributed by atoms with E-state index in [9.17, 15) is 4.79 Å². The molecule has 2 aromatic rings. The number of amides is 1. The predicted octanol–water partition coefficient (Wildman–Crippen LogP) is 0.871. The van der Waals surface area contributed by atoms with Crippen LogP contribution >= 0.6 is 0 Å². The number of rotatable bonds is 2. The van der Waals surface area contributed by atoms with Crippen molar-refractivity contribution < 1.29 is 4.79 Å². The zero-order valence-electron chi connectivity index (χ0n) is 12.9. The molecule has 22 heavy (non-hydrogen) atoms. The normalized spacial score (nSPS) is 15.7. The molecule has 116 valence electrons. The van der Waals surface area contributed by atoms with Crippen LogP contribution in [0.2, 0.25) is 0 Å². The van der Waals surface area contributed by atoms with Gasteiger partial charge in [-0.2, -0.15) is 5.10 Å². The average molecular weight is 300 g/mol. The highest BCUT2D eigenvalue weighted by atomic mass is 16.2. The predicted molar refractivity (Wildman–Crippen MR) is 82.7 cm³/mol. The molecule has 7 nitrogen and oxygen atoms in total. The second kappa shape index (κ2) is 6.13. The first kappa shape index (κ1) is 14.5. The Bertz CT molecular complexity index is 668. The van der Waals surface area contributed by atoms with Crippen molar-refractivity contribution in [2.75, 3.05) is 31.1 Å². The minimum Gasteiger partial charge on any atom is -0.355 e. The Labute approximate surface area is 129 Å². The first-order chi connectivity index (χ1) is 10.6. The molecule has 1 aliphatic heterocycles. The molecular formula is C15H20N6O. The van der Waals surface area contributed by atoms with Crippen LogP contribution in [0.3, 0.4) is 0 Å². The van der Waals surface area contributed by atoms with Gasteiger partial charge in [-0.05, 0) is 25.5 Å². The molecule has 0 radical (unpaired) electrons. The van der Waals surface area contributed by atoms with Crippen molar-refractivity contribution in [2.24, 2.45) is 7.05 Å². The number of anilines is 1. The first-order valence-corrected chi connectivity index (χ1v) is 7.47. The summed E-state index contributed by atoms with van der Waals surface area (Å²) < 4.78 is 1.65. The molecule has 0 spiro atoms. The van der Waals surface area contributed by atoms with Crippen molar-refractivity contribution >= 4 is 11.7 Å². The molecule has 2 aromatic heterocycles. The van der Waals surface area contributed by atoms with Gasteiger partial charge in [-0.25, -0.2) is 9.97 Å². The van der Waals surface area contributed by atoms with Crippen LogP contribution in [0.15, 0.2) is 24.5 Å². The Hall–Kier alpha value is -2.44. The molecule has 3 rings (SSSR count). The van der Waals surface area contributed by atoms with E-state index >= 15 is 0 Å². The van der Waals surface area contributed by atoms with Crippen molar-refractivity contribution in [3.63, 3.8) is 0 Å². The summed E-state index contributed by atoms with van der Waals surface area (Å²) in [5, 5.41) is 4.20. The van der Waals surface area contributed by atoms with E-state index in [1.807, 2.05) is 24.9 Å². The molecule has 0 atom stereocenters. The number of nitrogens with zero attached hydrogens (tertiary/aromatic N) is 6. The number of aryl methyl sites for hydroxylation is 2. The molecule has 7 heteroatoms. The zero-order chi connectivity index (χ0) is 15.5. The van der Waals surface area contributed by atoms with Gasteiger partial charge in [0.05, 0.1) is 0 Å². The van der Waals surface area contributed by atoms with Gasteiger partial charge in [0, 0.05) is 45.6 Å². The fourth-order valence-corrected chi connectivity index (χ4v) is 2.66. The number of hydrogen-bond donors (Lipinski definition) is 0. The van der Waals surface area contributed by atoms with Crippen LogP contribution in [0, 0.1) is 6.92 Å². The molecule has 0 N–H and O–H groups in total.